The third kappa shape index (κ3) is 4.73. The van der Waals surface area contributed by atoms with E-state index in [0.717, 1.165) is 78.5 Å². The van der Waals surface area contributed by atoms with Crippen LogP contribution in [0.25, 0.3) is 11.1 Å². The predicted molar refractivity (Wildman–Crippen MR) is 139 cm³/mol. The van der Waals surface area contributed by atoms with Crippen LogP contribution in [0.5, 0.6) is 0 Å². The van der Waals surface area contributed by atoms with E-state index >= 15 is 0 Å². The van der Waals surface area contributed by atoms with Crippen LogP contribution in [0.1, 0.15) is 50.2 Å². The van der Waals surface area contributed by atoms with Crippen LogP contribution in [0.15, 0.2) is 66.3 Å². The van der Waals surface area contributed by atoms with Gasteiger partial charge in [0.2, 0.25) is 0 Å². The second-order valence-corrected chi connectivity index (χ2v) is 9.95. The van der Waals surface area contributed by atoms with Gasteiger partial charge in [0.15, 0.2) is 0 Å². The minimum absolute atomic E-state index is 0.0769. The Hall–Kier alpha value is -3.45. The topological polar surface area (TPSA) is 65.8 Å². The lowest BCUT2D eigenvalue weighted by molar-refractivity contribution is -0.122. The number of nitrogens with zero attached hydrogens (tertiary/aromatic N) is 5. The third-order valence-electron chi connectivity index (χ3n) is 7.11. The molecular formula is C28H34N6O. The second kappa shape index (κ2) is 9.30. The van der Waals surface area contributed by atoms with Gasteiger partial charge in [0.1, 0.15) is 0 Å². The van der Waals surface area contributed by atoms with E-state index in [1.165, 1.54) is 0 Å². The van der Waals surface area contributed by atoms with Gasteiger partial charge in [0.25, 0.3) is 5.91 Å². The normalized spacial score (nSPS) is 22.2. The number of carbonyl (C=O) groups excluding carboxylic acids is 1. The Morgan fingerprint density at radius 3 is 2.66 bits per heavy atom. The standard InChI is InChI=1S/C28H34N6O/c1-5-13-29-28(4)11-14-32(15-12-28)24-10-9-23-8-6-7-22(16-27(35)33(23)19-24)25-17-26-21(3)30-20(2)18-34(26)31-25/h6-10,16-19,29H,5,11-15H2,1-4H3/b7-6+,22-16+,23-8?. The van der Waals surface area contributed by atoms with E-state index in [2.05, 4.69) is 35.1 Å². The van der Waals surface area contributed by atoms with E-state index in [1.54, 1.807) is 11.0 Å². The van der Waals surface area contributed by atoms with Crippen molar-refractivity contribution in [2.24, 2.45) is 0 Å². The van der Waals surface area contributed by atoms with Crippen LogP contribution in [0.3, 0.4) is 0 Å². The molecule has 0 bridgehead atoms. The molecule has 1 saturated heterocycles. The van der Waals surface area contributed by atoms with Crippen LogP contribution < -0.4 is 5.32 Å². The van der Waals surface area contributed by atoms with Gasteiger partial charge in [-0.1, -0.05) is 19.1 Å². The molecule has 1 amide bonds. The molecule has 5 rings (SSSR count). The maximum atomic E-state index is 13.4. The number of hydrogen-bond acceptors (Lipinski definition) is 5. The van der Waals surface area contributed by atoms with E-state index in [9.17, 15) is 4.79 Å². The molecule has 3 aliphatic heterocycles. The van der Waals surface area contributed by atoms with Crippen molar-refractivity contribution in [2.45, 2.75) is 52.5 Å². The maximum absolute atomic E-state index is 13.4. The van der Waals surface area contributed by atoms with Crippen LogP contribution in [0.4, 0.5) is 0 Å². The van der Waals surface area contributed by atoms with Crippen molar-refractivity contribution in [1.82, 2.24) is 29.7 Å². The Labute approximate surface area is 207 Å². The Bertz CT molecular complexity index is 1300. The molecule has 35 heavy (non-hydrogen) atoms. The molecule has 0 spiro atoms. The number of rotatable bonds is 5. The summed E-state index contributed by atoms with van der Waals surface area (Å²) in [6.07, 6.45) is 18.9. The molecule has 1 fully saturated rings. The minimum Gasteiger partial charge on any atom is -0.370 e. The molecule has 182 valence electrons. The highest BCUT2D eigenvalue weighted by molar-refractivity contribution is 5.99. The van der Waals surface area contributed by atoms with Crippen LogP contribution in [0.2, 0.25) is 0 Å². The Kier molecular flexibility index (Phi) is 6.19. The van der Waals surface area contributed by atoms with Crippen molar-refractivity contribution >= 4 is 17.0 Å². The van der Waals surface area contributed by atoms with Crippen LogP contribution in [0, 0.1) is 13.8 Å². The van der Waals surface area contributed by atoms with Gasteiger partial charge in [-0.25, -0.2) is 4.52 Å². The average molecular weight is 471 g/mol. The highest BCUT2D eigenvalue weighted by Gasteiger charge is 2.30. The van der Waals surface area contributed by atoms with E-state index in [-0.39, 0.29) is 11.4 Å². The lowest BCUT2D eigenvalue weighted by Gasteiger charge is -2.42. The summed E-state index contributed by atoms with van der Waals surface area (Å²) in [7, 11) is 0. The second-order valence-electron chi connectivity index (χ2n) is 9.95. The van der Waals surface area contributed by atoms with Crippen LogP contribution >= 0.6 is 0 Å². The highest BCUT2D eigenvalue weighted by atomic mass is 16.2. The number of amides is 1. The van der Waals surface area contributed by atoms with E-state index in [4.69, 9.17) is 5.10 Å². The van der Waals surface area contributed by atoms with E-state index in [0.29, 0.717) is 0 Å². The number of fused-ring (bicyclic) bond motifs is 2. The molecule has 1 N–H and O–H groups in total. The van der Waals surface area contributed by atoms with Crippen molar-refractivity contribution in [2.75, 3.05) is 19.6 Å². The molecule has 0 aliphatic carbocycles. The first-order chi connectivity index (χ1) is 16.8. The number of nitrogens with one attached hydrogen (secondary N) is 1. The number of allylic oxidation sites excluding steroid dienone is 6. The predicted octanol–water partition coefficient (Wildman–Crippen LogP) is 4.28. The third-order valence-corrected chi connectivity index (χ3v) is 7.11. The van der Waals surface area contributed by atoms with Gasteiger partial charge in [-0.05, 0) is 70.9 Å². The molecule has 0 atom stereocenters. The van der Waals surface area contributed by atoms with E-state index < -0.39 is 0 Å². The molecule has 0 aromatic carbocycles. The Morgan fingerprint density at radius 1 is 1.11 bits per heavy atom. The zero-order chi connectivity index (χ0) is 24.6. The quantitative estimate of drug-likeness (QED) is 0.707. The van der Waals surface area contributed by atoms with Crippen LogP contribution in [-0.4, -0.2) is 55.5 Å². The molecule has 7 heteroatoms. The number of likely N-dealkylation sites (tertiary alicyclic amines) is 1. The van der Waals surface area contributed by atoms with Gasteiger partial charge in [0.05, 0.1) is 34.5 Å². The smallest absolute Gasteiger partial charge is 0.255 e. The zero-order valence-electron chi connectivity index (χ0n) is 21.1. The summed E-state index contributed by atoms with van der Waals surface area (Å²) in [6.45, 7) is 11.5. The van der Waals surface area contributed by atoms with Gasteiger partial charge in [-0.3, -0.25) is 14.7 Å². The van der Waals surface area contributed by atoms with Gasteiger partial charge in [0, 0.05) is 42.2 Å². The molecule has 0 radical (unpaired) electrons. The summed E-state index contributed by atoms with van der Waals surface area (Å²) in [4.78, 5) is 22.1. The number of carbonyl (C=O) groups is 1. The highest BCUT2D eigenvalue weighted by Crippen LogP contribution is 2.29. The van der Waals surface area contributed by atoms with Crippen LogP contribution in [-0.2, 0) is 4.79 Å². The molecule has 0 saturated carbocycles. The lowest BCUT2D eigenvalue weighted by Crippen LogP contribution is -2.51. The molecule has 7 nitrogen and oxygen atoms in total. The fourth-order valence-corrected chi connectivity index (χ4v) is 4.97. The summed E-state index contributed by atoms with van der Waals surface area (Å²) in [5.74, 6) is -0.0769. The van der Waals surface area contributed by atoms with Crippen molar-refractivity contribution in [3.8, 4) is 0 Å². The summed E-state index contributed by atoms with van der Waals surface area (Å²) >= 11 is 0. The summed E-state index contributed by atoms with van der Waals surface area (Å²) in [5.41, 5.74) is 6.45. The first-order valence-corrected chi connectivity index (χ1v) is 12.5. The van der Waals surface area contributed by atoms with Crippen molar-refractivity contribution in [3.63, 3.8) is 0 Å². The first kappa shape index (κ1) is 23.3. The fourth-order valence-electron chi connectivity index (χ4n) is 4.97. The number of aryl methyl sites for hydroxylation is 2. The van der Waals surface area contributed by atoms with Gasteiger partial charge in [-0.2, -0.15) is 5.10 Å². The molecule has 0 unspecified atom stereocenters. The van der Waals surface area contributed by atoms with Gasteiger partial charge >= 0.3 is 0 Å². The summed E-state index contributed by atoms with van der Waals surface area (Å²) in [5, 5.41) is 8.42. The molecule has 2 aromatic rings. The van der Waals surface area contributed by atoms with E-state index in [1.807, 2.05) is 61.1 Å². The largest absolute Gasteiger partial charge is 0.370 e. The first-order valence-electron chi connectivity index (χ1n) is 12.5. The Balaban J connectivity index is 1.38. The van der Waals surface area contributed by atoms with Crippen molar-refractivity contribution in [3.05, 3.63) is 83.4 Å². The monoisotopic (exact) mass is 470 g/mol. The molecular weight excluding hydrogens is 436 g/mol. The SMILES string of the molecule is CCCNC1(C)CCN(C2=CN3C(=O)/C=C(c4cc5c(C)nc(C)cn5n4)\C=C\C=C3C=C2)CC1. The van der Waals surface area contributed by atoms with Crippen molar-refractivity contribution in [1.29, 1.82) is 0 Å². The molecule has 3 aliphatic rings. The summed E-state index contributed by atoms with van der Waals surface area (Å²) in [6, 6.07) is 1.99. The number of piperidine rings is 1. The lowest BCUT2D eigenvalue weighted by atomic mass is 9.89. The number of aromatic nitrogens is 3. The summed E-state index contributed by atoms with van der Waals surface area (Å²) < 4.78 is 1.84. The number of hydrogen-bond donors (Lipinski definition) is 1. The minimum atomic E-state index is -0.0769. The molecule has 2 aromatic heterocycles. The average Bonchev–Trinajstić information content (AvgIpc) is 3.26. The van der Waals surface area contributed by atoms with Gasteiger partial charge in [-0.15, -0.1) is 0 Å². The Morgan fingerprint density at radius 2 is 1.89 bits per heavy atom. The zero-order valence-corrected chi connectivity index (χ0v) is 21.1. The van der Waals surface area contributed by atoms with Gasteiger partial charge < -0.3 is 10.2 Å². The maximum Gasteiger partial charge on any atom is 0.255 e. The van der Waals surface area contributed by atoms with Crippen molar-refractivity contribution < 1.29 is 4.79 Å². The molecule has 5 heterocycles. The fraction of sp³-hybridized carbons (Fsp3) is 0.393.